The Kier molecular flexibility index (Phi) is 2.80. The van der Waals surface area contributed by atoms with Crippen molar-refractivity contribution >= 4 is 11.4 Å². The van der Waals surface area contributed by atoms with Crippen molar-refractivity contribution in [2.75, 3.05) is 23.7 Å². The Morgan fingerprint density at radius 3 is 2.60 bits per heavy atom. The lowest BCUT2D eigenvalue weighted by Crippen LogP contribution is -2.39. The van der Waals surface area contributed by atoms with Crippen LogP contribution < -0.4 is 10.6 Å². The van der Waals surface area contributed by atoms with Crippen LogP contribution in [0.1, 0.15) is 20.3 Å². The van der Waals surface area contributed by atoms with Gasteiger partial charge >= 0.3 is 0 Å². The summed E-state index contributed by atoms with van der Waals surface area (Å²) in [5, 5.41) is 0. The molecule has 1 aromatic rings. The molecule has 0 aliphatic carbocycles. The highest BCUT2D eigenvalue weighted by atomic mass is 15.2. The molecule has 1 aliphatic rings. The van der Waals surface area contributed by atoms with Crippen LogP contribution in [0.5, 0.6) is 0 Å². The van der Waals surface area contributed by atoms with Crippen LogP contribution in [0.2, 0.25) is 0 Å². The fraction of sp³-hybridized carbons (Fsp3) is 0.583. The predicted molar refractivity (Wildman–Crippen MR) is 63.8 cm³/mol. The zero-order chi connectivity index (χ0) is 10.8. The molecule has 2 unspecified atom stereocenters. The summed E-state index contributed by atoms with van der Waals surface area (Å²) in [4.78, 5) is 6.41. The van der Waals surface area contributed by atoms with Crippen molar-refractivity contribution in [2.45, 2.75) is 20.3 Å². The molecule has 0 saturated carbocycles. The van der Waals surface area contributed by atoms with E-state index in [0.717, 1.165) is 36.3 Å². The molecular weight excluding hydrogens is 186 g/mol. The minimum absolute atomic E-state index is 0.751. The molecule has 1 saturated heterocycles. The first-order chi connectivity index (χ1) is 7.16. The van der Waals surface area contributed by atoms with E-state index >= 15 is 0 Å². The van der Waals surface area contributed by atoms with Gasteiger partial charge in [0.1, 0.15) is 0 Å². The standard InChI is InChI=1S/C12H19N3/c1-9-5-10(2)8-15(7-9)12-3-4-14-6-11(12)13/h3-4,6,9-10H,5,7-8,13H2,1-2H3. The molecule has 82 valence electrons. The summed E-state index contributed by atoms with van der Waals surface area (Å²) in [6, 6.07) is 2.01. The highest BCUT2D eigenvalue weighted by Gasteiger charge is 2.22. The smallest absolute Gasteiger partial charge is 0.0738 e. The van der Waals surface area contributed by atoms with E-state index < -0.39 is 0 Å². The Morgan fingerprint density at radius 2 is 2.00 bits per heavy atom. The number of anilines is 2. The molecule has 15 heavy (non-hydrogen) atoms. The van der Waals surface area contributed by atoms with Crippen molar-refractivity contribution in [1.82, 2.24) is 4.98 Å². The average Bonchev–Trinajstić information content (AvgIpc) is 2.16. The van der Waals surface area contributed by atoms with E-state index in [1.54, 1.807) is 6.20 Å². The van der Waals surface area contributed by atoms with Crippen LogP contribution in [0.4, 0.5) is 11.4 Å². The van der Waals surface area contributed by atoms with Gasteiger partial charge in [-0.15, -0.1) is 0 Å². The molecule has 1 aromatic heterocycles. The van der Waals surface area contributed by atoms with Gasteiger partial charge in [0.25, 0.3) is 0 Å². The maximum Gasteiger partial charge on any atom is 0.0738 e. The molecule has 2 rings (SSSR count). The molecule has 2 N–H and O–H groups in total. The Morgan fingerprint density at radius 1 is 1.33 bits per heavy atom. The molecule has 3 nitrogen and oxygen atoms in total. The number of hydrogen-bond acceptors (Lipinski definition) is 3. The van der Waals surface area contributed by atoms with Gasteiger partial charge in [0.05, 0.1) is 17.6 Å². The van der Waals surface area contributed by atoms with Crippen molar-refractivity contribution < 1.29 is 0 Å². The van der Waals surface area contributed by atoms with Gasteiger partial charge in [-0.2, -0.15) is 0 Å². The highest BCUT2D eigenvalue weighted by molar-refractivity contribution is 5.66. The number of hydrogen-bond donors (Lipinski definition) is 1. The third kappa shape index (κ3) is 2.22. The normalized spacial score (nSPS) is 26.7. The first kappa shape index (κ1) is 10.3. The molecule has 2 atom stereocenters. The van der Waals surface area contributed by atoms with Crippen LogP contribution in [-0.4, -0.2) is 18.1 Å². The third-order valence-corrected chi connectivity index (χ3v) is 3.04. The number of pyridine rings is 1. The topological polar surface area (TPSA) is 42.2 Å². The third-order valence-electron chi connectivity index (χ3n) is 3.04. The molecule has 0 spiro atoms. The summed E-state index contributed by atoms with van der Waals surface area (Å²) >= 11 is 0. The minimum Gasteiger partial charge on any atom is -0.396 e. The number of aromatic nitrogens is 1. The molecule has 0 aromatic carbocycles. The summed E-state index contributed by atoms with van der Waals surface area (Å²) in [6.07, 6.45) is 4.87. The largest absolute Gasteiger partial charge is 0.396 e. The lowest BCUT2D eigenvalue weighted by molar-refractivity contribution is 0.357. The van der Waals surface area contributed by atoms with Gasteiger partial charge in [-0.1, -0.05) is 13.8 Å². The Labute approximate surface area is 91.3 Å². The molecular formula is C12H19N3. The molecule has 0 radical (unpaired) electrons. The van der Waals surface area contributed by atoms with E-state index in [-0.39, 0.29) is 0 Å². The second kappa shape index (κ2) is 4.09. The van der Waals surface area contributed by atoms with Crippen molar-refractivity contribution in [3.8, 4) is 0 Å². The van der Waals surface area contributed by atoms with Crippen LogP contribution in [0.3, 0.4) is 0 Å². The Balaban J connectivity index is 2.20. The van der Waals surface area contributed by atoms with E-state index in [0.29, 0.717) is 0 Å². The van der Waals surface area contributed by atoms with Crippen LogP contribution in [-0.2, 0) is 0 Å². The van der Waals surface area contributed by atoms with Gasteiger partial charge in [0.2, 0.25) is 0 Å². The summed E-state index contributed by atoms with van der Waals surface area (Å²) in [7, 11) is 0. The maximum absolute atomic E-state index is 5.94. The van der Waals surface area contributed by atoms with Gasteiger partial charge in [-0.05, 0) is 24.3 Å². The number of nitrogens with two attached hydrogens (primary N) is 1. The van der Waals surface area contributed by atoms with Gasteiger partial charge in [0, 0.05) is 19.3 Å². The molecule has 1 aliphatic heterocycles. The Hall–Kier alpha value is -1.25. The highest BCUT2D eigenvalue weighted by Crippen LogP contribution is 2.29. The quantitative estimate of drug-likeness (QED) is 0.763. The molecule has 1 fully saturated rings. The first-order valence-corrected chi connectivity index (χ1v) is 5.61. The summed E-state index contributed by atoms with van der Waals surface area (Å²) in [5.41, 5.74) is 7.87. The molecule has 2 heterocycles. The maximum atomic E-state index is 5.94. The van der Waals surface area contributed by atoms with Gasteiger partial charge in [-0.25, -0.2) is 0 Å². The van der Waals surface area contributed by atoms with E-state index in [9.17, 15) is 0 Å². The van der Waals surface area contributed by atoms with Crippen LogP contribution in [0, 0.1) is 11.8 Å². The van der Waals surface area contributed by atoms with Crippen LogP contribution in [0.15, 0.2) is 18.5 Å². The van der Waals surface area contributed by atoms with Gasteiger partial charge < -0.3 is 10.6 Å². The molecule has 0 bridgehead atoms. The summed E-state index contributed by atoms with van der Waals surface area (Å²) in [6.45, 7) is 6.83. The van der Waals surface area contributed by atoms with Gasteiger partial charge in [-0.3, -0.25) is 4.98 Å². The summed E-state index contributed by atoms with van der Waals surface area (Å²) < 4.78 is 0. The molecule has 3 heteroatoms. The molecule has 0 amide bonds. The van der Waals surface area contributed by atoms with Crippen molar-refractivity contribution in [3.05, 3.63) is 18.5 Å². The average molecular weight is 205 g/mol. The SMILES string of the molecule is CC1CC(C)CN(c2ccncc2N)C1. The van der Waals surface area contributed by atoms with Crippen molar-refractivity contribution in [2.24, 2.45) is 11.8 Å². The zero-order valence-electron chi connectivity index (χ0n) is 9.48. The predicted octanol–water partition coefficient (Wildman–Crippen LogP) is 2.15. The fourth-order valence-corrected chi connectivity index (χ4v) is 2.55. The van der Waals surface area contributed by atoms with E-state index in [1.165, 1.54) is 6.42 Å². The van der Waals surface area contributed by atoms with Gasteiger partial charge in [0.15, 0.2) is 0 Å². The number of rotatable bonds is 1. The van der Waals surface area contributed by atoms with E-state index in [4.69, 9.17) is 5.73 Å². The van der Waals surface area contributed by atoms with Crippen LogP contribution in [0.25, 0.3) is 0 Å². The van der Waals surface area contributed by atoms with Crippen LogP contribution >= 0.6 is 0 Å². The summed E-state index contributed by atoms with van der Waals surface area (Å²) in [5.74, 6) is 1.50. The van der Waals surface area contributed by atoms with Crippen molar-refractivity contribution in [1.29, 1.82) is 0 Å². The zero-order valence-corrected chi connectivity index (χ0v) is 9.48. The van der Waals surface area contributed by atoms with E-state index in [1.807, 2.05) is 12.3 Å². The van der Waals surface area contributed by atoms with Crippen molar-refractivity contribution in [3.63, 3.8) is 0 Å². The number of nitrogens with zero attached hydrogens (tertiary/aromatic N) is 2. The second-order valence-electron chi connectivity index (χ2n) is 4.79. The lowest BCUT2D eigenvalue weighted by Gasteiger charge is -2.37. The second-order valence-corrected chi connectivity index (χ2v) is 4.79. The number of nitrogen functional groups attached to an aromatic ring is 1. The lowest BCUT2D eigenvalue weighted by atomic mass is 9.91. The first-order valence-electron chi connectivity index (χ1n) is 5.61. The minimum atomic E-state index is 0.751. The number of piperidine rings is 1. The monoisotopic (exact) mass is 205 g/mol. The van der Waals surface area contributed by atoms with E-state index in [2.05, 4.69) is 23.7 Å². The Bertz CT molecular complexity index is 327. The fourth-order valence-electron chi connectivity index (χ4n) is 2.55.